The van der Waals surface area contributed by atoms with Gasteiger partial charge in [0.2, 0.25) is 5.82 Å². The molecule has 26 heavy (non-hydrogen) atoms. The SMILES string of the molecule is Cn1c(Sc2ccc3nnc(C(F)F)n3n2)nnc1-c1ccc(Cl)cc1. The minimum Gasteiger partial charge on any atom is -0.305 e. The van der Waals surface area contributed by atoms with Gasteiger partial charge in [0.15, 0.2) is 16.6 Å². The average Bonchev–Trinajstić information content (AvgIpc) is 3.20. The predicted molar refractivity (Wildman–Crippen MR) is 91.3 cm³/mol. The molecular formula is C15H10ClF2N7S. The van der Waals surface area contributed by atoms with E-state index in [2.05, 4.69) is 25.5 Å². The van der Waals surface area contributed by atoms with Gasteiger partial charge >= 0.3 is 0 Å². The van der Waals surface area contributed by atoms with E-state index < -0.39 is 12.2 Å². The van der Waals surface area contributed by atoms with Gasteiger partial charge in [-0.15, -0.1) is 20.4 Å². The zero-order valence-electron chi connectivity index (χ0n) is 13.2. The largest absolute Gasteiger partial charge is 0.305 e. The standard InChI is InChI=1S/C15H10ClF2N7S/c1-24-13(8-2-4-9(16)5-3-8)20-22-15(24)26-11-7-6-10-19-21-14(12(17)18)25(10)23-11/h2-7,12H,1H3. The van der Waals surface area contributed by atoms with Crippen LogP contribution in [0.25, 0.3) is 17.0 Å². The fourth-order valence-corrected chi connectivity index (χ4v) is 3.20. The second kappa shape index (κ2) is 6.61. The van der Waals surface area contributed by atoms with Gasteiger partial charge in [0.25, 0.3) is 6.43 Å². The number of aromatic nitrogens is 7. The molecule has 1 aromatic carbocycles. The maximum absolute atomic E-state index is 13.0. The highest BCUT2D eigenvalue weighted by Crippen LogP contribution is 2.28. The second-order valence-electron chi connectivity index (χ2n) is 5.27. The number of hydrogen-bond donors (Lipinski definition) is 0. The number of fused-ring (bicyclic) bond motifs is 1. The van der Waals surface area contributed by atoms with E-state index in [1.54, 1.807) is 28.8 Å². The molecule has 3 aromatic heterocycles. The van der Waals surface area contributed by atoms with Crippen LogP contribution in [0.5, 0.6) is 0 Å². The molecule has 0 atom stereocenters. The predicted octanol–water partition coefficient (Wildman–Crippen LogP) is 3.66. The highest BCUT2D eigenvalue weighted by atomic mass is 35.5. The molecule has 0 N–H and O–H groups in total. The van der Waals surface area contributed by atoms with Gasteiger partial charge < -0.3 is 4.57 Å². The van der Waals surface area contributed by atoms with E-state index in [1.165, 1.54) is 11.8 Å². The summed E-state index contributed by atoms with van der Waals surface area (Å²) in [7, 11) is 1.81. The van der Waals surface area contributed by atoms with E-state index in [4.69, 9.17) is 11.6 Å². The summed E-state index contributed by atoms with van der Waals surface area (Å²) < 4.78 is 28.8. The molecule has 0 fully saturated rings. The van der Waals surface area contributed by atoms with Crippen molar-refractivity contribution in [2.75, 3.05) is 0 Å². The van der Waals surface area contributed by atoms with Gasteiger partial charge in [0.1, 0.15) is 5.03 Å². The first kappa shape index (κ1) is 16.9. The number of hydrogen-bond acceptors (Lipinski definition) is 6. The van der Waals surface area contributed by atoms with Crippen LogP contribution in [0.2, 0.25) is 5.02 Å². The summed E-state index contributed by atoms with van der Waals surface area (Å²) in [6, 6.07) is 10.5. The Balaban J connectivity index is 1.66. The Morgan fingerprint density at radius 1 is 1.00 bits per heavy atom. The van der Waals surface area contributed by atoms with Crippen LogP contribution in [0.4, 0.5) is 8.78 Å². The molecule has 0 spiro atoms. The molecule has 0 aliphatic carbocycles. The van der Waals surface area contributed by atoms with E-state index >= 15 is 0 Å². The molecule has 0 aliphatic heterocycles. The molecule has 0 radical (unpaired) electrons. The third-order valence-corrected chi connectivity index (χ3v) is 4.81. The summed E-state index contributed by atoms with van der Waals surface area (Å²) in [5.41, 5.74) is 1.11. The molecule has 7 nitrogen and oxygen atoms in total. The van der Waals surface area contributed by atoms with Crippen molar-refractivity contribution in [2.24, 2.45) is 7.05 Å². The third-order valence-electron chi connectivity index (χ3n) is 3.59. The fraction of sp³-hybridized carbons (Fsp3) is 0.133. The lowest BCUT2D eigenvalue weighted by atomic mass is 10.2. The van der Waals surface area contributed by atoms with Crippen molar-refractivity contribution in [2.45, 2.75) is 16.6 Å². The van der Waals surface area contributed by atoms with Crippen molar-refractivity contribution in [3.05, 3.63) is 47.2 Å². The minimum atomic E-state index is -2.76. The van der Waals surface area contributed by atoms with Gasteiger partial charge in [-0.3, -0.25) is 0 Å². The topological polar surface area (TPSA) is 73.8 Å². The van der Waals surface area contributed by atoms with E-state index in [1.807, 2.05) is 19.2 Å². The molecule has 4 rings (SSSR count). The van der Waals surface area contributed by atoms with Crippen molar-refractivity contribution in [1.29, 1.82) is 0 Å². The van der Waals surface area contributed by atoms with E-state index in [-0.39, 0.29) is 5.65 Å². The van der Waals surface area contributed by atoms with Gasteiger partial charge in [-0.05, 0) is 48.2 Å². The van der Waals surface area contributed by atoms with Crippen LogP contribution in [0.15, 0.2) is 46.6 Å². The number of halogens is 3. The van der Waals surface area contributed by atoms with Crippen molar-refractivity contribution >= 4 is 29.0 Å². The zero-order valence-corrected chi connectivity index (χ0v) is 14.8. The summed E-state index contributed by atoms with van der Waals surface area (Å²) in [5, 5.41) is 21.3. The Morgan fingerprint density at radius 3 is 2.50 bits per heavy atom. The average molecular weight is 394 g/mol. The van der Waals surface area contributed by atoms with Crippen LogP contribution in [0, 0.1) is 0 Å². The van der Waals surface area contributed by atoms with Gasteiger partial charge in [0.05, 0.1) is 0 Å². The van der Waals surface area contributed by atoms with Crippen molar-refractivity contribution < 1.29 is 8.78 Å². The quantitative estimate of drug-likeness (QED) is 0.526. The van der Waals surface area contributed by atoms with Crippen LogP contribution in [0.1, 0.15) is 12.2 Å². The van der Waals surface area contributed by atoms with Gasteiger partial charge in [-0.1, -0.05) is 11.6 Å². The molecule has 132 valence electrons. The summed E-state index contributed by atoms with van der Waals surface area (Å²) in [6.45, 7) is 0. The first-order valence-corrected chi connectivity index (χ1v) is 8.56. The van der Waals surface area contributed by atoms with Gasteiger partial charge in [-0.2, -0.15) is 9.61 Å². The lowest BCUT2D eigenvalue weighted by Crippen LogP contribution is -2.01. The Hall–Kier alpha value is -2.59. The molecule has 4 aromatic rings. The molecule has 0 unspecified atom stereocenters. The molecule has 0 bridgehead atoms. The first-order valence-electron chi connectivity index (χ1n) is 7.36. The van der Waals surface area contributed by atoms with E-state index in [9.17, 15) is 8.78 Å². The minimum absolute atomic E-state index is 0.254. The van der Waals surface area contributed by atoms with Gasteiger partial charge in [0, 0.05) is 17.6 Å². The Bertz CT molecular complexity index is 1080. The number of nitrogens with zero attached hydrogens (tertiary/aromatic N) is 7. The molecule has 0 amide bonds. The Morgan fingerprint density at radius 2 is 1.77 bits per heavy atom. The van der Waals surface area contributed by atoms with E-state index in [0.29, 0.717) is 21.0 Å². The van der Waals surface area contributed by atoms with Crippen molar-refractivity contribution in [1.82, 2.24) is 34.6 Å². The highest BCUT2D eigenvalue weighted by Gasteiger charge is 2.18. The van der Waals surface area contributed by atoms with E-state index in [0.717, 1.165) is 10.1 Å². The van der Waals surface area contributed by atoms with Crippen LogP contribution in [0.3, 0.4) is 0 Å². The third kappa shape index (κ3) is 3.01. The monoisotopic (exact) mass is 393 g/mol. The van der Waals surface area contributed by atoms with Crippen LogP contribution < -0.4 is 0 Å². The van der Waals surface area contributed by atoms with Crippen LogP contribution in [-0.4, -0.2) is 34.6 Å². The number of benzene rings is 1. The molecule has 11 heteroatoms. The Kier molecular flexibility index (Phi) is 4.29. The smallest absolute Gasteiger partial charge is 0.299 e. The summed E-state index contributed by atoms with van der Waals surface area (Å²) in [4.78, 5) is 0. The lowest BCUT2D eigenvalue weighted by Gasteiger charge is -2.04. The first-order chi connectivity index (χ1) is 12.5. The lowest BCUT2D eigenvalue weighted by molar-refractivity contribution is 0.137. The molecule has 0 saturated heterocycles. The Labute approximate surface area is 155 Å². The van der Waals surface area contributed by atoms with Crippen molar-refractivity contribution in [3.8, 4) is 11.4 Å². The maximum atomic E-state index is 13.0. The fourth-order valence-electron chi connectivity index (χ4n) is 2.33. The van der Waals surface area contributed by atoms with Crippen molar-refractivity contribution in [3.63, 3.8) is 0 Å². The normalized spacial score (nSPS) is 11.6. The maximum Gasteiger partial charge on any atom is 0.299 e. The van der Waals surface area contributed by atoms with Gasteiger partial charge in [-0.25, -0.2) is 8.78 Å². The summed E-state index contributed by atoms with van der Waals surface area (Å²) in [6.07, 6.45) is -2.76. The number of rotatable bonds is 4. The highest BCUT2D eigenvalue weighted by molar-refractivity contribution is 7.99. The zero-order chi connectivity index (χ0) is 18.3. The molecule has 0 aliphatic rings. The molecular weight excluding hydrogens is 384 g/mol. The van der Waals surface area contributed by atoms with Crippen LogP contribution in [-0.2, 0) is 7.05 Å². The number of alkyl halides is 2. The summed E-state index contributed by atoms with van der Waals surface area (Å²) in [5.74, 6) is 0.157. The van der Waals surface area contributed by atoms with Crippen LogP contribution >= 0.6 is 23.4 Å². The summed E-state index contributed by atoms with van der Waals surface area (Å²) >= 11 is 7.11. The molecule has 0 saturated carbocycles. The second-order valence-corrected chi connectivity index (χ2v) is 6.70. The molecule has 3 heterocycles.